The number of aromatic nitrogens is 1. The van der Waals surface area contributed by atoms with Gasteiger partial charge < -0.3 is 19.8 Å². The number of ether oxygens (including phenoxy) is 2. The van der Waals surface area contributed by atoms with Crippen LogP contribution in [0.25, 0.3) is 10.9 Å². The van der Waals surface area contributed by atoms with Crippen LogP contribution in [0.3, 0.4) is 0 Å². The van der Waals surface area contributed by atoms with Gasteiger partial charge in [0.15, 0.2) is 11.5 Å². The topological polar surface area (TPSA) is 118 Å². The second-order valence-electron chi connectivity index (χ2n) is 6.45. The van der Waals surface area contributed by atoms with E-state index in [9.17, 15) is 18.0 Å². The number of methoxy groups -OCH3 is 2. The molecule has 1 heterocycles. The zero-order valence-electron chi connectivity index (χ0n) is 16.6. The number of likely N-dealkylation sites (N-methyl/N-ethyl adjacent to an activating group) is 1. The molecule has 0 aliphatic rings. The lowest BCUT2D eigenvalue weighted by molar-refractivity contribution is -0.116. The first kappa shape index (κ1) is 21.3. The number of hydrogen-bond acceptors (Lipinski definition) is 6. The normalized spacial score (nSPS) is 11.5. The van der Waals surface area contributed by atoms with Crippen molar-refractivity contribution >= 4 is 32.5 Å². The van der Waals surface area contributed by atoms with E-state index in [0.29, 0.717) is 28.1 Å². The van der Waals surface area contributed by atoms with Crippen molar-refractivity contribution in [1.29, 1.82) is 0 Å². The Morgan fingerprint density at radius 1 is 1.03 bits per heavy atom. The summed E-state index contributed by atoms with van der Waals surface area (Å²) in [6.07, 6.45) is 0. The number of rotatable bonds is 7. The summed E-state index contributed by atoms with van der Waals surface area (Å²) in [7, 11) is 0.380. The van der Waals surface area contributed by atoms with Crippen LogP contribution in [0.1, 0.15) is 0 Å². The molecule has 0 atom stereocenters. The Morgan fingerprint density at radius 2 is 1.77 bits per heavy atom. The zero-order valence-corrected chi connectivity index (χ0v) is 17.4. The van der Waals surface area contributed by atoms with Crippen molar-refractivity contribution in [3.05, 3.63) is 58.9 Å². The Labute approximate surface area is 173 Å². The molecule has 0 bridgehead atoms. The molecule has 0 aliphatic carbocycles. The molecule has 2 N–H and O–H groups in total. The number of nitrogens with one attached hydrogen (secondary N) is 2. The smallest absolute Gasteiger partial charge is 0.248 e. The van der Waals surface area contributed by atoms with Crippen molar-refractivity contribution in [3.63, 3.8) is 0 Å². The number of carbonyl (C=O) groups excluding carboxylic acids is 1. The summed E-state index contributed by atoms with van der Waals surface area (Å²) in [5, 5.41) is 3.21. The van der Waals surface area contributed by atoms with Gasteiger partial charge in [-0.1, -0.05) is 0 Å². The van der Waals surface area contributed by atoms with Gasteiger partial charge in [-0.05, 0) is 41.8 Å². The lowest BCUT2D eigenvalue weighted by Crippen LogP contribution is -2.35. The van der Waals surface area contributed by atoms with Crippen LogP contribution in [0, 0.1) is 0 Å². The van der Waals surface area contributed by atoms with E-state index >= 15 is 0 Å². The number of pyridine rings is 1. The Hall–Kier alpha value is -3.37. The maximum Gasteiger partial charge on any atom is 0.248 e. The second-order valence-corrected chi connectivity index (χ2v) is 8.50. The van der Waals surface area contributed by atoms with Gasteiger partial charge >= 0.3 is 0 Å². The van der Waals surface area contributed by atoms with E-state index in [1.54, 1.807) is 18.2 Å². The van der Waals surface area contributed by atoms with E-state index in [4.69, 9.17) is 9.47 Å². The SMILES string of the molecule is COc1ccc(NC(=O)CN(C)S(=O)(=O)c2ccc3[nH]c(=O)ccc3c2)cc1OC. The van der Waals surface area contributed by atoms with Gasteiger partial charge in [0, 0.05) is 30.4 Å². The average molecular weight is 431 g/mol. The summed E-state index contributed by atoms with van der Waals surface area (Å²) in [6.45, 7) is -0.389. The van der Waals surface area contributed by atoms with Gasteiger partial charge in [-0.25, -0.2) is 8.42 Å². The molecule has 1 amide bonds. The summed E-state index contributed by atoms with van der Waals surface area (Å²) >= 11 is 0. The molecule has 3 aromatic rings. The lowest BCUT2D eigenvalue weighted by atomic mass is 10.2. The largest absolute Gasteiger partial charge is 0.493 e. The summed E-state index contributed by atoms with van der Waals surface area (Å²) in [5.41, 5.74) is 0.690. The first-order chi connectivity index (χ1) is 14.2. The fourth-order valence-corrected chi connectivity index (χ4v) is 4.04. The fourth-order valence-electron chi connectivity index (χ4n) is 2.87. The van der Waals surface area contributed by atoms with Crippen molar-refractivity contribution < 1.29 is 22.7 Å². The summed E-state index contributed by atoms with van der Waals surface area (Å²) in [5.74, 6) is 0.428. The van der Waals surface area contributed by atoms with Crippen LogP contribution in [0.2, 0.25) is 0 Å². The molecule has 9 nitrogen and oxygen atoms in total. The molecule has 30 heavy (non-hydrogen) atoms. The number of fused-ring (bicyclic) bond motifs is 1. The minimum atomic E-state index is -3.92. The molecule has 10 heteroatoms. The average Bonchev–Trinajstić information content (AvgIpc) is 2.72. The van der Waals surface area contributed by atoms with E-state index in [1.807, 2.05) is 0 Å². The molecule has 0 saturated carbocycles. The minimum Gasteiger partial charge on any atom is -0.493 e. The van der Waals surface area contributed by atoms with Crippen LogP contribution >= 0.6 is 0 Å². The number of sulfonamides is 1. The van der Waals surface area contributed by atoms with Crippen LogP contribution in [0.5, 0.6) is 11.5 Å². The number of amides is 1. The predicted molar refractivity (Wildman–Crippen MR) is 113 cm³/mol. The highest BCUT2D eigenvalue weighted by Gasteiger charge is 2.23. The number of aromatic amines is 1. The van der Waals surface area contributed by atoms with E-state index in [2.05, 4.69) is 10.3 Å². The summed E-state index contributed by atoms with van der Waals surface area (Å²) in [6, 6.07) is 12.0. The Bertz CT molecular complexity index is 1250. The molecule has 3 rings (SSSR count). The summed E-state index contributed by atoms with van der Waals surface area (Å²) in [4.78, 5) is 26.4. The number of benzene rings is 2. The minimum absolute atomic E-state index is 0.0171. The number of hydrogen-bond donors (Lipinski definition) is 2. The maximum absolute atomic E-state index is 12.9. The first-order valence-corrected chi connectivity index (χ1v) is 10.3. The Morgan fingerprint density at radius 3 is 2.47 bits per heavy atom. The highest BCUT2D eigenvalue weighted by atomic mass is 32.2. The van der Waals surface area contributed by atoms with E-state index in [1.165, 1.54) is 51.6 Å². The quantitative estimate of drug-likeness (QED) is 0.589. The van der Waals surface area contributed by atoms with Crippen LogP contribution in [-0.4, -0.2) is 51.4 Å². The molecule has 0 saturated heterocycles. The van der Waals surface area contributed by atoms with Crippen LogP contribution in [-0.2, 0) is 14.8 Å². The van der Waals surface area contributed by atoms with Crippen LogP contribution in [0.4, 0.5) is 5.69 Å². The fraction of sp³-hybridized carbons (Fsp3) is 0.200. The highest BCUT2D eigenvalue weighted by Crippen LogP contribution is 2.29. The number of nitrogens with zero attached hydrogens (tertiary/aromatic N) is 1. The van der Waals surface area contributed by atoms with Gasteiger partial charge in [0.05, 0.1) is 25.7 Å². The molecular formula is C20H21N3O6S. The van der Waals surface area contributed by atoms with Crippen molar-refractivity contribution in [2.24, 2.45) is 0 Å². The Balaban J connectivity index is 1.75. The van der Waals surface area contributed by atoms with Crippen LogP contribution < -0.4 is 20.3 Å². The van der Waals surface area contributed by atoms with Gasteiger partial charge in [0.1, 0.15) is 0 Å². The van der Waals surface area contributed by atoms with Gasteiger partial charge in [-0.3, -0.25) is 9.59 Å². The Kier molecular flexibility index (Phi) is 6.09. The van der Waals surface area contributed by atoms with Crippen molar-refractivity contribution in [2.75, 3.05) is 33.1 Å². The third-order valence-electron chi connectivity index (χ3n) is 4.44. The lowest BCUT2D eigenvalue weighted by Gasteiger charge is -2.17. The van der Waals surface area contributed by atoms with Gasteiger partial charge in [-0.2, -0.15) is 4.31 Å². The molecule has 158 valence electrons. The molecule has 0 radical (unpaired) electrons. The van der Waals surface area contributed by atoms with E-state index in [-0.39, 0.29) is 17.0 Å². The highest BCUT2D eigenvalue weighted by molar-refractivity contribution is 7.89. The number of H-pyrrole nitrogens is 1. The van der Waals surface area contributed by atoms with Gasteiger partial charge in [-0.15, -0.1) is 0 Å². The third-order valence-corrected chi connectivity index (χ3v) is 6.24. The summed E-state index contributed by atoms with van der Waals surface area (Å²) < 4.78 is 37.0. The molecular weight excluding hydrogens is 410 g/mol. The van der Waals surface area contributed by atoms with Crippen LogP contribution in [0.15, 0.2) is 58.2 Å². The maximum atomic E-state index is 12.9. The monoisotopic (exact) mass is 431 g/mol. The zero-order chi connectivity index (χ0) is 21.9. The first-order valence-electron chi connectivity index (χ1n) is 8.86. The predicted octanol–water partition coefficient (Wildman–Crippen LogP) is 1.80. The molecule has 2 aromatic carbocycles. The molecule has 1 aromatic heterocycles. The standard InChI is InChI=1S/C20H21N3O6S/c1-23(12-20(25)21-14-5-8-17(28-2)18(11-14)29-3)30(26,27)15-6-7-16-13(10-15)4-9-19(24)22-16/h4-11H,12H2,1-3H3,(H,21,25)(H,22,24). The number of carbonyl (C=O) groups is 1. The van der Waals surface area contributed by atoms with Crippen molar-refractivity contribution in [3.8, 4) is 11.5 Å². The molecule has 0 fully saturated rings. The number of anilines is 1. The van der Waals surface area contributed by atoms with E-state index < -0.39 is 15.9 Å². The molecule has 0 unspecified atom stereocenters. The van der Waals surface area contributed by atoms with Crippen molar-refractivity contribution in [2.45, 2.75) is 4.90 Å². The van der Waals surface area contributed by atoms with Crippen molar-refractivity contribution in [1.82, 2.24) is 9.29 Å². The van der Waals surface area contributed by atoms with E-state index in [0.717, 1.165) is 4.31 Å². The van der Waals surface area contributed by atoms with Gasteiger partial charge in [0.2, 0.25) is 21.5 Å². The molecule has 0 spiro atoms. The third kappa shape index (κ3) is 4.44. The molecule has 0 aliphatic heterocycles. The van der Waals surface area contributed by atoms with Gasteiger partial charge in [0.25, 0.3) is 0 Å². The second kappa shape index (κ2) is 8.56.